The molecule has 122 valence electrons. The van der Waals surface area contributed by atoms with Gasteiger partial charge in [-0.15, -0.1) is 11.3 Å². The Hall–Kier alpha value is -2.63. The van der Waals surface area contributed by atoms with Crippen molar-refractivity contribution in [1.82, 2.24) is 0 Å². The first kappa shape index (κ1) is 16.2. The summed E-state index contributed by atoms with van der Waals surface area (Å²) in [5, 5.41) is 16.2. The maximum atomic E-state index is 11.7. The fourth-order valence-electron chi connectivity index (χ4n) is 2.64. The van der Waals surface area contributed by atoms with Crippen molar-refractivity contribution in [3.8, 4) is 0 Å². The van der Waals surface area contributed by atoms with Crippen LogP contribution in [0.1, 0.15) is 16.0 Å². The van der Waals surface area contributed by atoms with E-state index in [0.29, 0.717) is 10.6 Å². The predicted octanol–water partition coefficient (Wildman–Crippen LogP) is 4.21. The molecule has 1 heterocycles. The van der Waals surface area contributed by atoms with E-state index >= 15 is 0 Å². The Morgan fingerprint density at radius 2 is 1.54 bits per heavy atom. The highest BCUT2D eigenvalue weighted by Crippen LogP contribution is 2.43. The van der Waals surface area contributed by atoms with Gasteiger partial charge < -0.3 is 9.84 Å². The van der Waals surface area contributed by atoms with Crippen molar-refractivity contribution in [1.29, 1.82) is 0 Å². The Balaban J connectivity index is 2.17. The first-order valence-corrected chi connectivity index (χ1v) is 8.30. The largest absolute Gasteiger partial charge is 0.453 e. The van der Waals surface area contributed by atoms with Crippen LogP contribution in [0, 0.1) is 0 Å². The monoisotopic (exact) mass is 339 g/mol. The molecule has 2 N–H and O–H groups in total. The van der Waals surface area contributed by atoms with Gasteiger partial charge in [0.25, 0.3) is 0 Å². The van der Waals surface area contributed by atoms with E-state index in [0.717, 1.165) is 11.1 Å². The molecular weight excluding hydrogens is 322 g/mol. The Labute approximate surface area is 144 Å². The van der Waals surface area contributed by atoms with Crippen LogP contribution >= 0.6 is 11.3 Å². The molecule has 0 saturated heterocycles. The molecule has 0 fully saturated rings. The van der Waals surface area contributed by atoms with Crippen molar-refractivity contribution in [2.75, 3.05) is 12.4 Å². The Kier molecular flexibility index (Phi) is 4.64. The molecule has 0 aliphatic rings. The minimum Gasteiger partial charge on any atom is -0.453 e. The molecule has 2 aromatic carbocycles. The van der Waals surface area contributed by atoms with Crippen LogP contribution in [0.3, 0.4) is 0 Å². The number of anilines is 1. The number of methoxy groups -OCH3 is 1. The van der Waals surface area contributed by atoms with Crippen LogP contribution in [-0.4, -0.2) is 18.3 Å². The third-order valence-corrected chi connectivity index (χ3v) is 4.82. The van der Waals surface area contributed by atoms with Gasteiger partial charge in [-0.3, -0.25) is 5.32 Å². The number of thiophene rings is 1. The van der Waals surface area contributed by atoms with Crippen molar-refractivity contribution in [2.24, 2.45) is 0 Å². The van der Waals surface area contributed by atoms with Crippen molar-refractivity contribution in [3.05, 3.63) is 88.1 Å². The molecule has 3 rings (SSSR count). The van der Waals surface area contributed by atoms with E-state index in [2.05, 4.69) is 10.1 Å². The van der Waals surface area contributed by atoms with Crippen LogP contribution in [0.15, 0.2) is 72.1 Å². The zero-order chi connectivity index (χ0) is 17.0. The highest BCUT2D eigenvalue weighted by atomic mass is 32.1. The molecule has 0 radical (unpaired) electrons. The standard InChI is InChI=1S/C19H17NO3S/c1-23-18(21)20-16-12-13-24-17(16)19(22,14-8-4-2-5-9-14)15-10-6-3-7-11-15/h2-13,22H,1H3,(H,20,21). The molecule has 4 nitrogen and oxygen atoms in total. The summed E-state index contributed by atoms with van der Waals surface area (Å²) < 4.78 is 4.68. The van der Waals surface area contributed by atoms with Crippen molar-refractivity contribution < 1.29 is 14.6 Å². The van der Waals surface area contributed by atoms with E-state index in [9.17, 15) is 9.90 Å². The van der Waals surface area contributed by atoms with Gasteiger partial charge in [-0.2, -0.15) is 0 Å². The molecule has 0 bridgehead atoms. The van der Waals surface area contributed by atoms with E-state index in [4.69, 9.17) is 0 Å². The molecule has 24 heavy (non-hydrogen) atoms. The van der Waals surface area contributed by atoms with Gasteiger partial charge in [-0.05, 0) is 22.6 Å². The number of ether oxygens (including phenoxy) is 1. The summed E-state index contributed by atoms with van der Waals surface area (Å²) in [5.74, 6) is 0. The second kappa shape index (κ2) is 6.86. The minimum atomic E-state index is -1.37. The fourth-order valence-corrected chi connectivity index (χ4v) is 3.63. The van der Waals surface area contributed by atoms with Gasteiger partial charge in [0.1, 0.15) is 0 Å². The molecule has 5 heteroatoms. The molecule has 3 aromatic rings. The quantitative estimate of drug-likeness (QED) is 0.748. The van der Waals surface area contributed by atoms with Gasteiger partial charge in [0, 0.05) is 0 Å². The zero-order valence-electron chi connectivity index (χ0n) is 13.1. The van der Waals surface area contributed by atoms with E-state index in [-0.39, 0.29) is 0 Å². The second-order valence-corrected chi connectivity index (χ2v) is 6.14. The minimum absolute atomic E-state index is 0.530. The molecule has 0 aliphatic carbocycles. The Bertz CT molecular complexity index is 775. The smallest absolute Gasteiger partial charge is 0.411 e. The van der Waals surface area contributed by atoms with Gasteiger partial charge in [-0.1, -0.05) is 60.7 Å². The van der Waals surface area contributed by atoms with E-state index in [1.54, 1.807) is 6.07 Å². The van der Waals surface area contributed by atoms with Gasteiger partial charge in [0.15, 0.2) is 5.60 Å². The molecular formula is C19H17NO3S. The number of amides is 1. The van der Waals surface area contributed by atoms with Crippen LogP contribution in [0.4, 0.5) is 10.5 Å². The predicted molar refractivity (Wildman–Crippen MR) is 95.3 cm³/mol. The molecule has 0 unspecified atom stereocenters. The number of hydrogen-bond acceptors (Lipinski definition) is 4. The van der Waals surface area contributed by atoms with Gasteiger partial charge in [0.05, 0.1) is 17.7 Å². The third-order valence-electron chi connectivity index (χ3n) is 3.80. The van der Waals surface area contributed by atoms with Crippen LogP contribution in [0.5, 0.6) is 0 Å². The lowest BCUT2D eigenvalue weighted by atomic mass is 9.84. The second-order valence-electron chi connectivity index (χ2n) is 5.22. The first-order valence-electron chi connectivity index (χ1n) is 7.42. The Morgan fingerprint density at radius 1 is 1.00 bits per heavy atom. The lowest BCUT2D eigenvalue weighted by molar-refractivity contribution is 0.130. The van der Waals surface area contributed by atoms with Gasteiger partial charge in [-0.25, -0.2) is 4.79 Å². The summed E-state index contributed by atoms with van der Waals surface area (Å²) in [4.78, 5) is 12.3. The number of carbonyl (C=O) groups is 1. The summed E-state index contributed by atoms with van der Waals surface area (Å²) in [6, 6.07) is 20.6. The molecule has 0 aliphatic heterocycles. The van der Waals surface area contributed by atoms with Gasteiger partial charge >= 0.3 is 6.09 Å². The van der Waals surface area contributed by atoms with Crippen molar-refractivity contribution in [2.45, 2.75) is 5.60 Å². The Morgan fingerprint density at radius 3 is 2.04 bits per heavy atom. The molecule has 0 saturated carbocycles. The molecule has 1 aromatic heterocycles. The lowest BCUT2D eigenvalue weighted by Crippen LogP contribution is -2.29. The van der Waals surface area contributed by atoms with Crippen molar-refractivity contribution >= 4 is 23.1 Å². The topological polar surface area (TPSA) is 58.6 Å². The number of benzene rings is 2. The van der Waals surface area contributed by atoms with E-state index in [1.165, 1.54) is 18.4 Å². The summed E-state index contributed by atoms with van der Waals surface area (Å²) >= 11 is 1.38. The molecule has 0 atom stereocenters. The van der Waals surface area contributed by atoms with Gasteiger partial charge in [0.2, 0.25) is 0 Å². The summed E-state index contributed by atoms with van der Waals surface area (Å²) in [7, 11) is 1.31. The summed E-state index contributed by atoms with van der Waals surface area (Å²) in [6.45, 7) is 0. The maximum Gasteiger partial charge on any atom is 0.411 e. The van der Waals surface area contributed by atoms with Crippen LogP contribution in [0.25, 0.3) is 0 Å². The fraction of sp³-hybridized carbons (Fsp3) is 0.105. The molecule has 1 amide bonds. The number of carbonyl (C=O) groups excluding carboxylic acids is 1. The first-order chi connectivity index (χ1) is 11.7. The third kappa shape index (κ3) is 2.91. The normalized spacial score (nSPS) is 11.1. The van der Waals surface area contributed by atoms with Crippen LogP contribution in [0.2, 0.25) is 0 Å². The maximum absolute atomic E-state index is 11.7. The number of rotatable bonds is 4. The number of hydrogen-bond donors (Lipinski definition) is 2. The van der Waals surface area contributed by atoms with Crippen LogP contribution < -0.4 is 5.32 Å². The SMILES string of the molecule is COC(=O)Nc1ccsc1C(O)(c1ccccc1)c1ccccc1. The average Bonchev–Trinajstić information content (AvgIpc) is 3.11. The highest BCUT2D eigenvalue weighted by molar-refractivity contribution is 7.10. The van der Waals surface area contributed by atoms with Crippen LogP contribution in [-0.2, 0) is 10.3 Å². The molecule has 0 spiro atoms. The average molecular weight is 339 g/mol. The van der Waals surface area contributed by atoms with E-state index in [1.807, 2.05) is 66.0 Å². The lowest BCUT2D eigenvalue weighted by Gasteiger charge is -2.29. The zero-order valence-corrected chi connectivity index (χ0v) is 13.9. The summed E-state index contributed by atoms with van der Waals surface area (Å²) in [6.07, 6.45) is -0.571. The van der Waals surface area contributed by atoms with Crippen molar-refractivity contribution in [3.63, 3.8) is 0 Å². The summed E-state index contributed by atoms with van der Waals surface area (Å²) in [5.41, 5.74) is 0.618. The van der Waals surface area contributed by atoms with E-state index < -0.39 is 11.7 Å². The number of nitrogens with one attached hydrogen (secondary N) is 1. The highest BCUT2D eigenvalue weighted by Gasteiger charge is 2.37. The number of aliphatic hydroxyl groups is 1.